The van der Waals surface area contributed by atoms with Crippen molar-refractivity contribution in [2.24, 2.45) is 11.8 Å². The number of hydrogen-bond donors (Lipinski definition) is 1. The minimum absolute atomic E-state index is 0.115. The standard InChI is InChI=1S/C24H31N3O2/c1-26-14-20-15-27(16-21(20)24(26)19-9-4-3-5-10-19)17-23(28)25-13-12-18-8-6-7-11-22(18)29-2/h3-11,20-21,24H,12-17H2,1-2H3,(H,25,28)/t20-,21+,24-/m0/s1. The van der Waals surface area contributed by atoms with Crippen molar-refractivity contribution >= 4 is 5.91 Å². The van der Waals surface area contributed by atoms with Crippen molar-refractivity contribution in [3.05, 3.63) is 65.7 Å². The molecule has 0 unspecified atom stereocenters. The fraction of sp³-hybridized carbons (Fsp3) is 0.458. The predicted octanol–water partition coefficient (Wildman–Crippen LogP) is 2.59. The molecule has 2 aromatic rings. The van der Waals surface area contributed by atoms with Crippen molar-refractivity contribution in [2.45, 2.75) is 12.5 Å². The van der Waals surface area contributed by atoms with E-state index in [2.05, 4.69) is 52.5 Å². The third kappa shape index (κ3) is 4.46. The Morgan fingerprint density at radius 1 is 1.07 bits per heavy atom. The van der Waals surface area contributed by atoms with Gasteiger partial charge in [-0.3, -0.25) is 14.6 Å². The fourth-order valence-corrected chi connectivity index (χ4v) is 5.14. The summed E-state index contributed by atoms with van der Waals surface area (Å²) in [5.41, 5.74) is 2.52. The van der Waals surface area contributed by atoms with Crippen LogP contribution >= 0.6 is 0 Å². The van der Waals surface area contributed by atoms with E-state index >= 15 is 0 Å². The first-order chi connectivity index (χ1) is 14.2. The van der Waals surface area contributed by atoms with Crippen LogP contribution in [-0.2, 0) is 11.2 Å². The summed E-state index contributed by atoms with van der Waals surface area (Å²) in [4.78, 5) is 17.3. The molecule has 5 heteroatoms. The van der Waals surface area contributed by atoms with E-state index in [0.29, 0.717) is 31.0 Å². The smallest absolute Gasteiger partial charge is 0.234 e. The number of benzene rings is 2. The number of nitrogens with zero attached hydrogens (tertiary/aromatic N) is 2. The molecule has 2 heterocycles. The van der Waals surface area contributed by atoms with Gasteiger partial charge >= 0.3 is 0 Å². The van der Waals surface area contributed by atoms with Gasteiger partial charge in [-0.25, -0.2) is 0 Å². The summed E-state index contributed by atoms with van der Waals surface area (Å²) in [5, 5.41) is 3.08. The lowest BCUT2D eigenvalue weighted by Crippen LogP contribution is -2.38. The Morgan fingerprint density at radius 3 is 2.62 bits per heavy atom. The first-order valence-electron chi connectivity index (χ1n) is 10.5. The molecule has 2 fully saturated rings. The maximum atomic E-state index is 12.5. The maximum absolute atomic E-state index is 12.5. The maximum Gasteiger partial charge on any atom is 0.234 e. The van der Waals surface area contributed by atoms with E-state index in [1.54, 1.807) is 7.11 Å². The van der Waals surface area contributed by atoms with Gasteiger partial charge in [0, 0.05) is 32.2 Å². The Morgan fingerprint density at radius 2 is 1.83 bits per heavy atom. The Hall–Kier alpha value is -2.37. The molecule has 2 aliphatic rings. The lowest BCUT2D eigenvalue weighted by molar-refractivity contribution is -0.122. The van der Waals surface area contributed by atoms with Gasteiger partial charge < -0.3 is 10.1 Å². The van der Waals surface area contributed by atoms with Crippen molar-refractivity contribution in [3.8, 4) is 5.75 Å². The van der Waals surface area contributed by atoms with Crippen molar-refractivity contribution in [1.29, 1.82) is 0 Å². The molecular formula is C24H31N3O2. The molecule has 2 aliphatic heterocycles. The number of ether oxygens (including phenoxy) is 1. The molecule has 2 aromatic carbocycles. The van der Waals surface area contributed by atoms with E-state index in [0.717, 1.165) is 37.4 Å². The highest BCUT2D eigenvalue weighted by molar-refractivity contribution is 5.78. The lowest BCUT2D eigenvalue weighted by atomic mass is 9.90. The van der Waals surface area contributed by atoms with Gasteiger partial charge in [-0.2, -0.15) is 0 Å². The van der Waals surface area contributed by atoms with Crippen molar-refractivity contribution < 1.29 is 9.53 Å². The van der Waals surface area contributed by atoms with Crippen LogP contribution in [0.1, 0.15) is 17.2 Å². The van der Waals surface area contributed by atoms with Gasteiger partial charge in [-0.1, -0.05) is 48.5 Å². The summed E-state index contributed by atoms with van der Waals surface area (Å²) in [5.74, 6) is 2.24. The molecule has 0 saturated carbocycles. The number of nitrogens with one attached hydrogen (secondary N) is 1. The SMILES string of the molecule is COc1ccccc1CCNC(=O)CN1C[C@@H]2CN(C)[C@@H](c3ccccc3)[C@@H]2C1. The summed E-state index contributed by atoms with van der Waals surface area (Å²) in [7, 11) is 3.91. The van der Waals surface area contributed by atoms with Crippen LogP contribution in [0.25, 0.3) is 0 Å². The normalized spacial score (nSPS) is 24.4. The van der Waals surface area contributed by atoms with E-state index in [1.807, 2.05) is 24.3 Å². The Kier molecular flexibility index (Phi) is 6.16. The molecule has 5 nitrogen and oxygen atoms in total. The van der Waals surface area contributed by atoms with E-state index in [-0.39, 0.29) is 5.91 Å². The topological polar surface area (TPSA) is 44.8 Å². The quantitative estimate of drug-likeness (QED) is 0.785. The van der Waals surface area contributed by atoms with E-state index in [9.17, 15) is 4.79 Å². The largest absolute Gasteiger partial charge is 0.496 e. The molecule has 4 rings (SSSR count). The molecule has 2 saturated heterocycles. The van der Waals surface area contributed by atoms with Crippen LogP contribution in [0.3, 0.4) is 0 Å². The molecule has 154 valence electrons. The summed E-state index contributed by atoms with van der Waals surface area (Å²) in [6, 6.07) is 19.2. The summed E-state index contributed by atoms with van der Waals surface area (Å²) in [6.45, 7) is 4.24. The number of carbonyl (C=O) groups excluding carboxylic acids is 1. The summed E-state index contributed by atoms with van der Waals surface area (Å²) < 4.78 is 5.38. The molecule has 0 radical (unpaired) electrons. The molecular weight excluding hydrogens is 362 g/mol. The average molecular weight is 394 g/mol. The van der Waals surface area contributed by atoms with Gasteiger partial charge in [0.25, 0.3) is 0 Å². The lowest BCUT2D eigenvalue weighted by Gasteiger charge is -2.26. The second kappa shape index (κ2) is 8.97. The zero-order chi connectivity index (χ0) is 20.2. The second-order valence-corrected chi connectivity index (χ2v) is 8.32. The number of amides is 1. The average Bonchev–Trinajstić information content (AvgIpc) is 3.24. The summed E-state index contributed by atoms with van der Waals surface area (Å²) in [6.07, 6.45) is 0.780. The highest BCUT2D eigenvalue weighted by atomic mass is 16.5. The van der Waals surface area contributed by atoms with Crippen LogP contribution in [0.2, 0.25) is 0 Å². The Bertz CT molecular complexity index is 826. The number of likely N-dealkylation sites (tertiary alicyclic amines) is 2. The molecule has 0 spiro atoms. The Labute approximate surface area is 173 Å². The number of rotatable bonds is 7. The molecule has 1 amide bonds. The van der Waals surface area contributed by atoms with Gasteiger partial charge in [0.2, 0.25) is 5.91 Å². The highest BCUT2D eigenvalue weighted by Crippen LogP contribution is 2.43. The van der Waals surface area contributed by atoms with Gasteiger partial charge in [-0.15, -0.1) is 0 Å². The number of methoxy groups -OCH3 is 1. The molecule has 0 bridgehead atoms. The first-order valence-corrected chi connectivity index (χ1v) is 10.5. The van der Waals surface area contributed by atoms with Crippen LogP contribution in [0.15, 0.2) is 54.6 Å². The first kappa shape index (κ1) is 19.9. The molecule has 0 aliphatic carbocycles. The van der Waals surface area contributed by atoms with Crippen molar-refractivity contribution in [2.75, 3.05) is 46.9 Å². The van der Waals surface area contributed by atoms with Gasteiger partial charge in [0.15, 0.2) is 0 Å². The third-order valence-corrected chi connectivity index (χ3v) is 6.39. The number of hydrogen-bond acceptors (Lipinski definition) is 4. The van der Waals surface area contributed by atoms with Crippen molar-refractivity contribution in [3.63, 3.8) is 0 Å². The van der Waals surface area contributed by atoms with Gasteiger partial charge in [0.1, 0.15) is 5.75 Å². The zero-order valence-electron chi connectivity index (χ0n) is 17.4. The molecule has 0 aromatic heterocycles. The van der Waals surface area contributed by atoms with Crippen LogP contribution in [0.4, 0.5) is 0 Å². The Balaban J connectivity index is 1.27. The van der Waals surface area contributed by atoms with Crippen LogP contribution in [0.5, 0.6) is 5.75 Å². The van der Waals surface area contributed by atoms with Gasteiger partial charge in [-0.05, 0) is 42.5 Å². The minimum atomic E-state index is 0.115. The van der Waals surface area contributed by atoms with Crippen molar-refractivity contribution in [1.82, 2.24) is 15.1 Å². The zero-order valence-corrected chi connectivity index (χ0v) is 17.4. The third-order valence-electron chi connectivity index (χ3n) is 6.39. The van der Waals surface area contributed by atoms with Crippen LogP contribution in [0, 0.1) is 11.8 Å². The molecule has 29 heavy (non-hydrogen) atoms. The highest BCUT2D eigenvalue weighted by Gasteiger charge is 2.46. The monoisotopic (exact) mass is 393 g/mol. The number of fused-ring (bicyclic) bond motifs is 1. The minimum Gasteiger partial charge on any atom is -0.496 e. The van der Waals surface area contributed by atoms with Crippen LogP contribution < -0.4 is 10.1 Å². The predicted molar refractivity (Wildman–Crippen MR) is 115 cm³/mol. The van der Waals surface area contributed by atoms with E-state index in [1.165, 1.54) is 5.56 Å². The van der Waals surface area contributed by atoms with Gasteiger partial charge in [0.05, 0.1) is 13.7 Å². The second-order valence-electron chi connectivity index (χ2n) is 8.32. The van der Waals surface area contributed by atoms with Crippen LogP contribution in [-0.4, -0.2) is 62.6 Å². The fourth-order valence-electron chi connectivity index (χ4n) is 5.14. The molecule has 1 N–H and O–H groups in total. The number of carbonyl (C=O) groups is 1. The number of para-hydroxylation sites is 1. The van der Waals surface area contributed by atoms with E-state index < -0.39 is 0 Å². The summed E-state index contributed by atoms with van der Waals surface area (Å²) >= 11 is 0. The van der Waals surface area contributed by atoms with E-state index in [4.69, 9.17) is 4.74 Å². The molecule has 3 atom stereocenters.